The molecule has 3 heteroatoms. The highest BCUT2D eigenvalue weighted by molar-refractivity contribution is 7.10. The summed E-state index contributed by atoms with van der Waals surface area (Å²) in [5.74, 6) is 0. The van der Waals surface area contributed by atoms with Crippen molar-refractivity contribution >= 4 is 11.3 Å². The normalized spacial score (nSPS) is 24.6. The van der Waals surface area contributed by atoms with E-state index in [1.54, 1.807) is 4.88 Å². The standard InChI is InChI=1S/C17H27NOS/c1-15(2,3)18-13-17(14-5-4-10-20-14)11-16(12-17)6-8-19-9-7-16/h4-5,10,18H,6-9,11-13H2,1-3H3. The summed E-state index contributed by atoms with van der Waals surface area (Å²) in [6, 6.07) is 4.54. The fourth-order valence-corrected chi connectivity index (χ4v) is 4.87. The maximum Gasteiger partial charge on any atom is 0.0471 e. The van der Waals surface area contributed by atoms with Crippen LogP contribution in [0, 0.1) is 5.41 Å². The van der Waals surface area contributed by atoms with Gasteiger partial charge in [0.2, 0.25) is 0 Å². The summed E-state index contributed by atoms with van der Waals surface area (Å²) in [6.07, 6.45) is 5.20. The SMILES string of the molecule is CC(C)(C)NCC1(c2cccs2)CC2(CCOCC2)C1. The molecule has 20 heavy (non-hydrogen) atoms. The molecule has 112 valence electrons. The predicted molar refractivity (Wildman–Crippen MR) is 85.5 cm³/mol. The van der Waals surface area contributed by atoms with Gasteiger partial charge in [0.05, 0.1) is 0 Å². The molecule has 0 bridgehead atoms. The minimum Gasteiger partial charge on any atom is -0.381 e. The van der Waals surface area contributed by atoms with Crippen LogP contribution in [0.15, 0.2) is 17.5 Å². The zero-order valence-electron chi connectivity index (χ0n) is 13.0. The quantitative estimate of drug-likeness (QED) is 0.910. The lowest BCUT2D eigenvalue weighted by molar-refractivity contribution is -0.0738. The Balaban J connectivity index is 1.74. The van der Waals surface area contributed by atoms with Gasteiger partial charge in [0.15, 0.2) is 0 Å². The zero-order valence-corrected chi connectivity index (χ0v) is 13.8. The number of nitrogens with one attached hydrogen (secondary N) is 1. The number of hydrogen-bond acceptors (Lipinski definition) is 3. The van der Waals surface area contributed by atoms with Gasteiger partial charge in [-0.25, -0.2) is 0 Å². The van der Waals surface area contributed by atoms with Gasteiger partial charge in [-0.15, -0.1) is 11.3 Å². The third-order valence-electron chi connectivity index (χ3n) is 4.98. The van der Waals surface area contributed by atoms with Crippen molar-refractivity contribution in [3.05, 3.63) is 22.4 Å². The van der Waals surface area contributed by atoms with Crippen LogP contribution in [0.25, 0.3) is 0 Å². The van der Waals surface area contributed by atoms with Crippen LogP contribution >= 0.6 is 11.3 Å². The van der Waals surface area contributed by atoms with Gasteiger partial charge in [0, 0.05) is 35.6 Å². The van der Waals surface area contributed by atoms with E-state index in [4.69, 9.17) is 4.74 Å². The lowest BCUT2D eigenvalue weighted by atomic mass is 9.49. The summed E-state index contributed by atoms with van der Waals surface area (Å²) < 4.78 is 5.56. The largest absolute Gasteiger partial charge is 0.381 e. The van der Waals surface area contributed by atoms with Gasteiger partial charge in [0.1, 0.15) is 0 Å². The highest BCUT2D eigenvalue weighted by Crippen LogP contribution is 2.60. The molecule has 0 aromatic carbocycles. The Morgan fingerprint density at radius 2 is 1.95 bits per heavy atom. The lowest BCUT2D eigenvalue weighted by Crippen LogP contribution is -2.58. The first-order valence-corrected chi connectivity index (χ1v) is 8.68. The van der Waals surface area contributed by atoms with Crippen molar-refractivity contribution in [2.24, 2.45) is 5.41 Å². The summed E-state index contributed by atoms with van der Waals surface area (Å²) in [7, 11) is 0. The molecule has 1 N–H and O–H groups in total. The van der Waals surface area contributed by atoms with Gasteiger partial charge >= 0.3 is 0 Å². The Morgan fingerprint density at radius 3 is 2.50 bits per heavy atom. The van der Waals surface area contributed by atoms with Crippen LogP contribution in [0.2, 0.25) is 0 Å². The molecule has 0 radical (unpaired) electrons. The van der Waals surface area contributed by atoms with Crippen LogP contribution in [0.1, 0.15) is 51.3 Å². The van der Waals surface area contributed by atoms with Crippen LogP contribution in [0.4, 0.5) is 0 Å². The van der Waals surface area contributed by atoms with Gasteiger partial charge in [-0.05, 0) is 63.3 Å². The van der Waals surface area contributed by atoms with E-state index in [0.29, 0.717) is 10.8 Å². The van der Waals surface area contributed by atoms with Crippen molar-refractivity contribution in [2.75, 3.05) is 19.8 Å². The van der Waals surface area contributed by atoms with Crippen molar-refractivity contribution < 1.29 is 4.74 Å². The first-order valence-electron chi connectivity index (χ1n) is 7.80. The fraction of sp³-hybridized carbons (Fsp3) is 0.765. The second kappa shape index (κ2) is 5.11. The fourth-order valence-electron chi connectivity index (χ4n) is 3.94. The molecule has 0 amide bonds. The average Bonchev–Trinajstić information content (AvgIpc) is 2.88. The van der Waals surface area contributed by atoms with Crippen molar-refractivity contribution in [1.29, 1.82) is 0 Å². The molecule has 1 spiro atoms. The molecule has 0 atom stereocenters. The Kier molecular flexibility index (Phi) is 3.72. The van der Waals surface area contributed by atoms with Crippen LogP contribution in [0.3, 0.4) is 0 Å². The van der Waals surface area contributed by atoms with Crippen molar-refractivity contribution in [1.82, 2.24) is 5.32 Å². The predicted octanol–water partition coefficient (Wildman–Crippen LogP) is 3.96. The van der Waals surface area contributed by atoms with E-state index in [1.807, 2.05) is 11.3 Å². The Bertz CT molecular complexity index is 432. The maximum atomic E-state index is 5.56. The summed E-state index contributed by atoms with van der Waals surface area (Å²) in [4.78, 5) is 1.58. The van der Waals surface area contributed by atoms with E-state index < -0.39 is 0 Å². The third kappa shape index (κ3) is 2.81. The van der Waals surface area contributed by atoms with Gasteiger partial charge in [-0.3, -0.25) is 0 Å². The summed E-state index contributed by atoms with van der Waals surface area (Å²) in [5.41, 5.74) is 1.14. The lowest BCUT2D eigenvalue weighted by Gasteiger charge is -2.58. The summed E-state index contributed by atoms with van der Waals surface area (Å²) in [6.45, 7) is 9.83. The third-order valence-corrected chi connectivity index (χ3v) is 6.10. The molecule has 1 aliphatic heterocycles. The van der Waals surface area contributed by atoms with Crippen molar-refractivity contribution in [2.45, 2.75) is 57.4 Å². The Morgan fingerprint density at radius 1 is 1.25 bits per heavy atom. The number of rotatable bonds is 3. The topological polar surface area (TPSA) is 21.3 Å². The molecule has 1 aliphatic carbocycles. The first kappa shape index (κ1) is 14.6. The van der Waals surface area contributed by atoms with Gasteiger partial charge < -0.3 is 10.1 Å². The highest BCUT2D eigenvalue weighted by atomic mass is 32.1. The molecule has 1 aromatic rings. The van der Waals surface area contributed by atoms with E-state index in [2.05, 4.69) is 43.6 Å². The Hall–Kier alpha value is -0.380. The zero-order chi connectivity index (χ0) is 14.3. The molecule has 2 nitrogen and oxygen atoms in total. The van der Waals surface area contributed by atoms with E-state index >= 15 is 0 Å². The van der Waals surface area contributed by atoms with Gasteiger partial charge in [0.25, 0.3) is 0 Å². The molecule has 3 rings (SSSR count). The van der Waals surface area contributed by atoms with E-state index in [-0.39, 0.29) is 5.54 Å². The number of hydrogen-bond donors (Lipinski definition) is 1. The summed E-state index contributed by atoms with van der Waals surface area (Å²) in [5, 5.41) is 5.98. The Labute approximate surface area is 126 Å². The van der Waals surface area contributed by atoms with Crippen LogP contribution < -0.4 is 5.32 Å². The van der Waals surface area contributed by atoms with Crippen LogP contribution in [-0.2, 0) is 10.2 Å². The van der Waals surface area contributed by atoms with Crippen LogP contribution in [-0.4, -0.2) is 25.3 Å². The monoisotopic (exact) mass is 293 g/mol. The van der Waals surface area contributed by atoms with Gasteiger partial charge in [-0.2, -0.15) is 0 Å². The first-order chi connectivity index (χ1) is 9.43. The molecule has 2 aliphatic rings. The number of ether oxygens (including phenoxy) is 1. The molecule has 2 heterocycles. The number of thiophene rings is 1. The highest BCUT2D eigenvalue weighted by Gasteiger charge is 2.55. The van der Waals surface area contributed by atoms with Crippen molar-refractivity contribution in [3.63, 3.8) is 0 Å². The molecule has 1 saturated carbocycles. The van der Waals surface area contributed by atoms with Crippen LogP contribution in [0.5, 0.6) is 0 Å². The molecule has 2 fully saturated rings. The minimum absolute atomic E-state index is 0.197. The van der Waals surface area contributed by atoms with E-state index in [1.165, 1.54) is 25.7 Å². The molecule has 1 saturated heterocycles. The second-order valence-corrected chi connectivity index (χ2v) is 8.77. The molecular formula is C17H27NOS. The van der Waals surface area contributed by atoms with Crippen molar-refractivity contribution in [3.8, 4) is 0 Å². The average molecular weight is 293 g/mol. The molecule has 1 aromatic heterocycles. The van der Waals surface area contributed by atoms with E-state index in [9.17, 15) is 0 Å². The smallest absolute Gasteiger partial charge is 0.0471 e. The van der Waals surface area contributed by atoms with Gasteiger partial charge in [-0.1, -0.05) is 6.07 Å². The molecular weight excluding hydrogens is 266 g/mol. The second-order valence-electron chi connectivity index (χ2n) is 7.83. The van der Waals surface area contributed by atoms with E-state index in [0.717, 1.165) is 19.8 Å². The molecule has 0 unspecified atom stereocenters. The minimum atomic E-state index is 0.197. The summed E-state index contributed by atoms with van der Waals surface area (Å²) >= 11 is 1.93. The maximum absolute atomic E-state index is 5.56.